The van der Waals surface area contributed by atoms with Crippen molar-refractivity contribution in [2.24, 2.45) is 5.92 Å². The largest absolute Gasteiger partial charge is 0.134 e. The summed E-state index contributed by atoms with van der Waals surface area (Å²) in [7, 11) is 0. The Morgan fingerprint density at radius 3 is 2.64 bits per heavy atom. The lowest BCUT2D eigenvalue weighted by molar-refractivity contribution is 0.661. The van der Waals surface area contributed by atoms with Gasteiger partial charge in [-0.2, -0.15) is 0 Å². The molecule has 0 nitrogen and oxygen atoms in total. The van der Waals surface area contributed by atoms with Crippen LogP contribution in [0.25, 0.3) is 0 Å². The maximum atomic E-state index is 2.37. The monoisotopic (exact) mass is 210 g/mol. The van der Waals surface area contributed by atoms with Crippen molar-refractivity contribution in [3.63, 3.8) is 0 Å². The predicted molar refractivity (Wildman–Crippen MR) is 67.6 cm³/mol. The lowest BCUT2D eigenvalue weighted by Gasteiger charge is -2.16. The fraction of sp³-hybridized carbons (Fsp3) is 0.692. The molecular formula is C13H22S. The van der Waals surface area contributed by atoms with Crippen LogP contribution in [0.4, 0.5) is 0 Å². The van der Waals surface area contributed by atoms with Crippen molar-refractivity contribution >= 4 is 11.8 Å². The third-order valence-electron chi connectivity index (χ3n) is 2.63. The minimum absolute atomic E-state index is 0.785. The molecule has 1 aliphatic carbocycles. The zero-order valence-electron chi connectivity index (χ0n) is 9.68. The van der Waals surface area contributed by atoms with Crippen LogP contribution in [0.5, 0.6) is 0 Å². The van der Waals surface area contributed by atoms with Crippen LogP contribution in [0, 0.1) is 5.92 Å². The molecule has 0 aromatic carbocycles. The van der Waals surface area contributed by atoms with Crippen molar-refractivity contribution in [3.05, 3.63) is 22.6 Å². The van der Waals surface area contributed by atoms with Crippen molar-refractivity contribution in [2.45, 2.75) is 46.0 Å². The summed E-state index contributed by atoms with van der Waals surface area (Å²) < 4.78 is 0. The van der Waals surface area contributed by atoms with E-state index in [4.69, 9.17) is 0 Å². The van der Waals surface area contributed by atoms with Crippen LogP contribution in [0.3, 0.4) is 0 Å². The standard InChI is InChI=1S/C13H22S/c1-11(2)7-6-9-12-8-4-5-10-13(12)14-3/h6,9,11H,4-5,7-8,10H2,1-3H3/b9-6+. The van der Waals surface area contributed by atoms with Crippen LogP contribution in [0.2, 0.25) is 0 Å². The van der Waals surface area contributed by atoms with Gasteiger partial charge in [0.25, 0.3) is 0 Å². The van der Waals surface area contributed by atoms with E-state index in [0.29, 0.717) is 0 Å². The Labute approximate surface area is 92.9 Å². The first-order valence-corrected chi connectivity index (χ1v) is 6.89. The maximum absolute atomic E-state index is 2.37. The Morgan fingerprint density at radius 2 is 2.00 bits per heavy atom. The number of hydrogen-bond acceptors (Lipinski definition) is 1. The summed E-state index contributed by atoms with van der Waals surface area (Å²) in [5, 5.41) is 0. The van der Waals surface area contributed by atoms with Crippen molar-refractivity contribution in [1.29, 1.82) is 0 Å². The Kier molecular flexibility index (Phi) is 5.39. The van der Waals surface area contributed by atoms with Crippen molar-refractivity contribution in [3.8, 4) is 0 Å². The van der Waals surface area contributed by atoms with Gasteiger partial charge in [-0.3, -0.25) is 0 Å². The molecule has 1 rings (SSSR count). The molecule has 0 aliphatic heterocycles. The molecule has 0 saturated carbocycles. The normalized spacial score (nSPS) is 18.6. The second-order valence-electron chi connectivity index (χ2n) is 4.39. The fourth-order valence-corrected chi connectivity index (χ4v) is 2.57. The summed E-state index contributed by atoms with van der Waals surface area (Å²) in [5.41, 5.74) is 1.60. The SMILES string of the molecule is CSC1=C(/C=C/CC(C)C)CCCC1. The average Bonchev–Trinajstić information content (AvgIpc) is 2.18. The van der Waals surface area contributed by atoms with Gasteiger partial charge >= 0.3 is 0 Å². The molecular weight excluding hydrogens is 188 g/mol. The van der Waals surface area contributed by atoms with E-state index >= 15 is 0 Å². The molecule has 0 aromatic heterocycles. The number of allylic oxidation sites excluding steroid dienone is 4. The van der Waals surface area contributed by atoms with Crippen LogP contribution in [0.15, 0.2) is 22.6 Å². The molecule has 1 heteroatoms. The lowest BCUT2D eigenvalue weighted by Crippen LogP contribution is -1.95. The highest BCUT2D eigenvalue weighted by Gasteiger charge is 2.08. The second kappa shape index (κ2) is 6.34. The molecule has 0 radical (unpaired) electrons. The molecule has 0 spiro atoms. The van der Waals surface area contributed by atoms with Gasteiger partial charge in [0.2, 0.25) is 0 Å². The summed E-state index contributed by atoms with van der Waals surface area (Å²) in [6.45, 7) is 4.55. The molecule has 1 aliphatic rings. The van der Waals surface area contributed by atoms with E-state index in [-0.39, 0.29) is 0 Å². The van der Waals surface area contributed by atoms with Crippen LogP contribution >= 0.6 is 11.8 Å². The van der Waals surface area contributed by atoms with E-state index in [9.17, 15) is 0 Å². The molecule has 14 heavy (non-hydrogen) atoms. The Balaban J connectivity index is 2.55. The van der Waals surface area contributed by atoms with E-state index in [2.05, 4.69) is 32.3 Å². The van der Waals surface area contributed by atoms with E-state index in [0.717, 1.165) is 5.92 Å². The Hall–Kier alpha value is -0.170. The smallest absolute Gasteiger partial charge is 0.0123 e. The quantitative estimate of drug-likeness (QED) is 0.643. The zero-order valence-corrected chi connectivity index (χ0v) is 10.5. The molecule has 0 fully saturated rings. The van der Waals surface area contributed by atoms with Gasteiger partial charge in [0.15, 0.2) is 0 Å². The van der Waals surface area contributed by atoms with Gasteiger partial charge in [0.1, 0.15) is 0 Å². The number of hydrogen-bond donors (Lipinski definition) is 0. The van der Waals surface area contributed by atoms with Gasteiger partial charge in [-0.25, -0.2) is 0 Å². The summed E-state index contributed by atoms with van der Waals surface area (Å²) in [4.78, 5) is 1.62. The zero-order chi connectivity index (χ0) is 10.4. The third-order valence-corrected chi connectivity index (χ3v) is 3.59. The first-order valence-electron chi connectivity index (χ1n) is 5.66. The minimum atomic E-state index is 0.785. The van der Waals surface area contributed by atoms with E-state index in [1.54, 1.807) is 10.5 Å². The van der Waals surface area contributed by atoms with Gasteiger partial charge in [0, 0.05) is 0 Å². The minimum Gasteiger partial charge on any atom is -0.134 e. The number of rotatable bonds is 4. The molecule has 0 unspecified atom stereocenters. The van der Waals surface area contributed by atoms with Gasteiger partial charge in [0.05, 0.1) is 0 Å². The fourth-order valence-electron chi connectivity index (χ4n) is 1.79. The van der Waals surface area contributed by atoms with Crippen LogP contribution < -0.4 is 0 Å². The molecule has 0 saturated heterocycles. The van der Waals surface area contributed by atoms with Crippen molar-refractivity contribution in [2.75, 3.05) is 6.26 Å². The van der Waals surface area contributed by atoms with Gasteiger partial charge in [-0.15, -0.1) is 11.8 Å². The van der Waals surface area contributed by atoms with Crippen LogP contribution in [0.1, 0.15) is 46.0 Å². The highest BCUT2D eigenvalue weighted by Crippen LogP contribution is 2.32. The molecule has 0 bridgehead atoms. The second-order valence-corrected chi connectivity index (χ2v) is 5.29. The predicted octanol–water partition coefficient (Wildman–Crippen LogP) is 4.78. The molecule has 0 N–H and O–H groups in total. The van der Waals surface area contributed by atoms with Crippen LogP contribution in [-0.4, -0.2) is 6.26 Å². The van der Waals surface area contributed by atoms with Crippen LogP contribution in [-0.2, 0) is 0 Å². The maximum Gasteiger partial charge on any atom is -0.0123 e. The van der Waals surface area contributed by atoms with Crippen molar-refractivity contribution < 1.29 is 0 Å². The van der Waals surface area contributed by atoms with Crippen molar-refractivity contribution in [1.82, 2.24) is 0 Å². The summed E-state index contributed by atoms with van der Waals surface area (Å²) in [6, 6.07) is 0. The van der Waals surface area contributed by atoms with E-state index in [1.165, 1.54) is 32.1 Å². The van der Waals surface area contributed by atoms with Gasteiger partial charge in [-0.1, -0.05) is 26.0 Å². The highest BCUT2D eigenvalue weighted by atomic mass is 32.2. The topological polar surface area (TPSA) is 0 Å². The Morgan fingerprint density at radius 1 is 1.29 bits per heavy atom. The summed E-state index contributed by atoms with van der Waals surface area (Å²) >= 11 is 1.94. The molecule has 0 aromatic rings. The molecule has 0 amide bonds. The molecule has 0 heterocycles. The lowest BCUT2D eigenvalue weighted by atomic mass is 9.98. The highest BCUT2D eigenvalue weighted by molar-refractivity contribution is 8.02. The Bertz CT molecular complexity index is 223. The average molecular weight is 210 g/mol. The third kappa shape index (κ3) is 3.91. The summed E-state index contributed by atoms with van der Waals surface area (Å²) in [5.74, 6) is 0.785. The summed E-state index contributed by atoms with van der Waals surface area (Å²) in [6.07, 6.45) is 13.5. The molecule has 0 atom stereocenters. The van der Waals surface area contributed by atoms with Gasteiger partial charge in [-0.05, 0) is 54.8 Å². The van der Waals surface area contributed by atoms with Gasteiger partial charge < -0.3 is 0 Å². The number of thioether (sulfide) groups is 1. The first-order chi connectivity index (χ1) is 6.74. The van der Waals surface area contributed by atoms with E-state index in [1.807, 2.05) is 11.8 Å². The van der Waals surface area contributed by atoms with E-state index < -0.39 is 0 Å². The molecule has 80 valence electrons. The first kappa shape index (κ1) is 11.9.